The lowest BCUT2D eigenvalue weighted by Gasteiger charge is -2.30. The number of aromatic nitrogens is 3. The molecular formula is C28H31N5O3. The largest absolute Gasteiger partial charge is 0.494 e. The van der Waals surface area contributed by atoms with E-state index in [9.17, 15) is 4.79 Å². The first kappa shape index (κ1) is 22.6. The molecule has 2 aliphatic rings. The Morgan fingerprint density at radius 3 is 2.47 bits per heavy atom. The molecule has 0 bridgehead atoms. The molecule has 2 aromatic carbocycles. The van der Waals surface area contributed by atoms with Gasteiger partial charge in [-0.2, -0.15) is 0 Å². The molecule has 2 aliphatic carbocycles. The number of benzene rings is 2. The van der Waals surface area contributed by atoms with Gasteiger partial charge in [0.1, 0.15) is 5.75 Å². The van der Waals surface area contributed by atoms with E-state index in [4.69, 9.17) is 9.15 Å². The summed E-state index contributed by atoms with van der Waals surface area (Å²) in [5.74, 6) is 1.89. The van der Waals surface area contributed by atoms with Gasteiger partial charge in [-0.3, -0.25) is 0 Å². The Labute approximate surface area is 210 Å². The Kier molecular flexibility index (Phi) is 5.87. The highest BCUT2D eigenvalue weighted by Crippen LogP contribution is 2.47. The van der Waals surface area contributed by atoms with Gasteiger partial charge in [0.2, 0.25) is 5.89 Å². The molecule has 2 saturated carbocycles. The van der Waals surface area contributed by atoms with Crippen molar-refractivity contribution in [2.45, 2.75) is 64.5 Å². The summed E-state index contributed by atoms with van der Waals surface area (Å²) in [4.78, 5) is 12.3. The maximum atomic E-state index is 12.3. The van der Waals surface area contributed by atoms with Crippen LogP contribution in [-0.4, -0.2) is 33.4 Å². The first-order chi connectivity index (χ1) is 17.6. The second-order valence-corrected chi connectivity index (χ2v) is 9.72. The minimum atomic E-state index is -0.151. The van der Waals surface area contributed by atoms with Crippen molar-refractivity contribution >= 4 is 22.6 Å². The molecule has 6 rings (SSSR count). The predicted octanol–water partition coefficient (Wildman–Crippen LogP) is 6.46. The fraction of sp³-hybridized carbons (Fsp3) is 0.393. The van der Waals surface area contributed by atoms with Crippen LogP contribution in [0.5, 0.6) is 5.75 Å². The topological polar surface area (TPSA) is 94.2 Å². The first-order valence-electron chi connectivity index (χ1n) is 12.9. The van der Waals surface area contributed by atoms with Crippen molar-refractivity contribution in [3.8, 4) is 28.5 Å². The summed E-state index contributed by atoms with van der Waals surface area (Å²) in [7, 11) is 0. The number of rotatable bonds is 7. The van der Waals surface area contributed by atoms with Gasteiger partial charge in [0.05, 0.1) is 23.4 Å². The molecule has 2 N–H and O–H groups in total. The van der Waals surface area contributed by atoms with Crippen LogP contribution >= 0.6 is 0 Å². The zero-order valence-electron chi connectivity index (χ0n) is 20.7. The van der Waals surface area contributed by atoms with Gasteiger partial charge in [0, 0.05) is 36.1 Å². The predicted molar refractivity (Wildman–Crippen MR) is 139 cm³/mol. The standard InChI is InChI=1S/C28H31N5O3/c1-3-35-22-14-15-23-24(16-22)33(21-8-5-9-21)26(25(23)27-32-31-17(2)36-27)18-10-12-20(13-11-18)30-28(34)29-19-6-4-7-19/h10-16,19,21H,3-9H2,1-2H3,(H2,29,30,34). The van der Waals surface area contributed by atoms with Crippen molar-refractivity contribution in [2.75, 3.05) is 11.9 Å². The summed E-state index contributed by atoms with van der Waals surface area (Å²) in [5.41, 5.74) is 4.89. The van der Waals surface area contributed by atoms with E-state index in [0.717, 1.165) is 64.8 Å². The summed E-state index contributed by atoms with van der Waals surface area (Å²) in [6.45, 7) is 4.42. The number of carbonyl (C=O) groups is 1. The lowest BCUT2D eigenvalue weighted by molar-refractivity contribution is 0.240. The summed E-state index contributed by atoms with van der Waals surface area (Å²) >= 11 is 0. The third-order valence-electron chi connectivity index (χ3n) is 7.32. The number of fused-ring (bicyclic) bond motifs is 1. The van der Waals surface area contributed by atoms with Gasteiger partial charge in [0.25, 0.3) is 5.89 Å². The number of nitrogens with one attached hydrogen (secondary N) is 2. The fourth-order valence-electron chi connectivity index (χ4n) is 5.09. The minimum absolute atomic E-state index is 0.151. The van der Waals surface area contributed by atoms with E-state index in [1.165, 1.54) is 12.8 Å². The molecule has 36 heavy (non-hydrogen) atoms. The van der Waals surface area contributed by atoms with Crippen molar-refractivity contribution in [1.29, 1.82) is 0 Å². The van der Waals surface area contributed by atoms with Crippen LogP contribution < -0.4 is 15.4 Å². The van der Waals surface area contributed by atoms with E-state index in [1.54, 1.807) is 0 Å². The Morgan fingerprint density at radius 2 is 1.86 bits per heavy atom. The lowest BCUT2D eigenvalue weighted by atomic mass is 9.92. The molecule has 0 saturated heterocycles. The van der Waals surface area contributed by atoms with Crippen LogP contribution in [-0.2, 0) is 0 Å². The van der Waals surface area contributed by atoms with Gasteiger partial charge in [-0.1, -0.05) is 12.1 Å². The molecule has 0 atom stereocenters. The maximum absolute atomic E-state index is 12.3. The molecule has 186 valence electrons. The summed E-state index contributed by atoms with van der Waals surface area (Å²) < 4.78 is 14.2. The van der Waals surface area contributed by atoms with Gasteiger partial charge in [-0.15, -0.1) is 10.2 Å². The molecule has 0 unspecified atom stereocenters. The van der Waals surface area contributed by atoms with E-state index < -0.39 is 0 Å². The number of ether oxygens (including phenoxy) is 1. The average Bonchev–Trinajstić information content (AvgIpc) is 3.37. The highest BCUT2D eigenvalue weighted by atomic mass is 16.5. The SMILES string of the molecule is CCOc1ccc2c(-c3nnc(C)o3)c(-c3ccc(NC(=O)NC4CCC4)cc3)n(C3CCC3)c2c1. The molecule has 2 aromatic heterocycles. The number of anilines is 1. The van der Waals surface area contributed by atoms with E-state index >= 15 is 0 Å². The molecule has 2 fully saturated rings. The molecule has 2 amide bonds. The lowest BCUT2D eigenvalue weighted by Crippen LogP contribution is -2.41. The zero-order chi connectivity index (χ0) is 24.6. The number of hydrogen-bond donors (Lipinski definition) is 2. The summed E-state index contributed by atoms with van der Waals surface area (Å²) in [6, 6.07) is 14.8. The monoisotopic (exact) mass is 485 g/mol. The number of carbonyl (C=O) groups excluding carboxylic acids is 1. The smallest absolute Gasteiger partial charge is 0.319 e. The van der Waals surface area contributed by atoms with Crippen molar-refractivity contribution in [2.24, 2.45) is 0 Å². The van der Waals surface area contributed by atoms with Crippen molar-refractivity contribution in [3.05, 3.63) is 48.4 Å². The Morgan fingerprint density at radius 1 is 1.08 bits per heavy atom. The number of amides is 2. The highest BCUT2D eigenvalue weighted by Gasteiger charge is 2.30. The van der Waals surface area contributed by atoms with Crippen molar-refractivity contribution < 1.29 is 13.9 Å². The van der Waals surface area contributed by atoms with Crippen LogP contribution in [0.4, 0.5) is 10.5 Å². The fourth-order valence-corrected chi connectivity index (χ4v) is 5.09. The third kappa shape index (κ3) is 4.10. The van der Waals surface area contributed by atoms with E-state index in [2.05, 4.69) is 49.7 Å². The van der Waals surface area contributed by atoms with Crippen LogP contribution in [0.1, 0.15) is 57.4 Å². The second-order valence-electron chi connectivity index (χ2n) is 9.72. The number of aryl methyl sites for hydroxylation is 1. The third-order valence-corrected chi connectivity index (χ3v) is 7.32. The highest BCUT2D eigenvalue weighted by molar-refractivity contribution is 6.03. The molecule has 2 heterocycles. The number of urea groups is 1. The Hall–Kier alpha value is -3.81. The molecule has 0 radical (unpaired) electrons. The van der Waals surface area contributed by atoms with Crippen LogP contribution in [0.3, 0.4) is 0 Å². The molecule has 8 heteroatoms. The Bertz CT molecular complexity index is 1400. The van der Waals surface area contributed by atoms with Crippen molar-refractivity contribution in [1.82, 2.24) is 20.1 Å². The van der Waals surface area contributed by atoms with Crippen LogP contribution in [0.25, 0.3) is 33.6 Å². The van der Waals surface area contributed by atoms with Gasteiger partial charge in [-0.05, 0) is 75.3 Å². The van der Waals surface area contributed by atoms with Crippen LogP contribution in [0, 0.1) is 6.92 Å². The number of nitrogens with zero attached hydrogens (tertiary/aromatic N) is 3. The molecular weight excluding hydrogens is 454 g/mol. The van der Waals surface area contributed by atoms with Gasteiger partial charge in [-0.25, -0.2) is 4.79 Å². The van der Waals surface area contributed by atoms with E-state index in [0.29, 0.717) is 30.5 Å². The quantitative estimate of drug-likeness (QED) is 0.313. The molecule has 8 nitrogen and oxygen atoms in total. The van der Waals surface area contributed by atoms with Gasteiger partial charge < -0.3 is 24.4 Å². The van der Waals surface area contributed by atoms with Gasteiger partial charge >= 0.3 is 6.03 Å². The molecule has 0 aliphatic heterocycles. The second kappa shape index (κ2) is 9.33. The first-order valence-corrected chi connectivity index (χ1v) is 12.9. The summed E-state index contributed by atoms with van der Waals surface area (Å²) in [6.07, 6.45) is 6.76. The normalized spacial score (nSPS) is 15.9. The van der Waals surface area contributed by atoms with Crippen LogP contribution in [0.15, 0.2) is 46.9 Å². The zero-order valence-corrected chi connectivity index (χ0v) is 20.7. The Balaban J connectivity index is 1.45. The van der Waals surface area contributed by atoms with Crippen molar-refractivity contribution in [3.63, 3.8) is 0 Å². The molecule has 0 spiro atoms. The van der Waals surface area contributed by atoms with Gasteiger partial charge in [0.15, 0.2) is 0 Å². The number of hydrogen-bond acceptors (Lipinski definition) is 5. The molecule has 4 aromatic rings. The van der Waals surface area contributed by atoms with E-state index in [1.807, 2.05) is 32.0 Å². The minimum Gasteiger partial charge on any atom is -0.494 e. The van der Waals surface area contributed by atoms with Crippen LogP contribution in [0.2, 0.25) is 0 Å². The summed E-state index contributed by atoms with van der Waals surface area (Å²) in [5, 5.41) is 15.6. The maximum Gasteiger partial charge on any atom is 0.319 e. The van der Waals surface area contributed by atoms with E-state index in [-0.39, 0.29) is 6.03 Å². The average molecular weight is 486 g/mol.